The first-order valence-corrected chi connectivity index (χ1v) is 7.58. The molecule has 0 aliphatic heterocycles. The van der Waals surface area contributed by atoms with Crippen LogP contribution in [-0.4, -0.2) is 26.5 Å². The first-order chi connectivity index (χ1) is 9.65. The van der Waals surface area contributed by atoms with Gasteiger partial charge in [0, 0.05) is 31.2 Å². The summed E-state index contributed by atoms with van der Waals surface area (Å²) in [6.45, 7) is 0.686. The quantitative estimate of drug-likeness (QED) is 0.886. The first kappa shape index (κ1) is 14.6. The van der Waals surface area contributed by atoms with Crippen molar-refractivity contribution >= 4 is 22.9 Å². The third-order valence-corrected chi connectivity index (χ3v) is 3.98. The number of anilines is 1. The van der Waals surface area contributed by atoms with Crippen molar-refractivity contribution in [2.45, 2.75) is 12.8 Å². The van der Waals surface area contributed by atoms with E-state index in [1.165, 1.54) is 11.3 Å². The molecule has 0 unspecified atom stereocenters. The van der Waals surface area contributed by atoms with Crippen LogP contribution in [0, 0.1) is 0 Å². The Balaban J connectivity index is 1.74. The predicted octanol–water partition coefficient (Wildman–Crippen LogP) is 2.72. The van der Waals surface area contributed by atoms with E-state index in [4.69, 9.17) is 0 Å². The van der Waals surface area contributed by atoms with E-state index in [2.05, 4.69) is 34.5 Å². The standard InChI is InChI=1S/C16H20N2OS/c1-18(2)14-7-5-13(6-8-14)9-10-17-16(19)12-15-4-3-11-20-15/h3-8,11H,9-10,12H2,1-2H3,(H,17,19). The average molecular weight is 288 g/mol. The second-order valence-electron chi connectivity index (χ2n) is 4.92. The van der Waals surface area contributed by atoms with Crippen LogP contribution in [0.5, 0.6) is 0 Å². The molecule has 0 spiro atoms. The Hall–Kier alpha value is -1.81. The minimum atomic E-state index is 0.0948. The molecule has 3 nitrogen and oxygen atoms in total. The monoisotopic (exact) mass is 288 g/mol. The van der Waals surface area contributed by atoms with Gasteiger partial charge in [-0.15, -0.1) is 11.3 Å². The van der Waals surface area contributed by atoms with Gasteiger partial charge in [0.15, 0.2) is 0 Å². The van der Waals surface area contributed by atoms with Gasteiger partial charge in [-0.25, -0.2) is 0 Å². The molecular weight excluding hydrogens is 268 g/mol. The minimum absolute atomic E-state index is 0.0948. The Kier molecular flexibility index (Phi) is 5.18. The summed E-state index contributed by atoms with van der Waals surface area (Å²) in [4.78, 5) is 14.9. The second kappa shape index (κ2) is 7.10. The highest BCUT2D eigenvalue weighted by Gasteiger charge is 2.03. The maximum atomic E-state index is 11.7. The fourth-order valence-corrected chi connectivity index (χ4v) is 2.64. The second-order valence-corrected chi connectivity index (χ2v) is 5.95. The number of thiophene rings is 1. The van der Waals surface area contributed by atoms with Crippen molar-refractivity contribution in [2.75, 3.05) is 25.5 Å². The number of hydrogen-bond acceptors (Lipinski definition) is 3. The maximum Gasteiger partial charge on any atom is 0.225 e. The average Bonchev–Trinajstić information content (AvgIpc) is 2.92. The fraction of sp³-hybridized carbons (Fsp3) is 0.312. The van der Waals surface area contributed by atoms with Gasteiger partial charge in [0.1, 0.15) is 0 Å². The Bertz CT molecular complexity index is 532. The minimum Gasteiger partial charge on any atom is -0.378 e. The van der Waals surface area contributed by atoms with E-state index in [1.807, 2.05) is 31.6 Å². The van der Waals surface area contributed by atoms with E-state index in [0.717, 1.165) is 11.3 Å². The molecule has 1 heterocycles. The first-order valence-electron chi connectivity index (χ1n) is 6.70. The lowest BCUT2D eigenvalue weighted by atomic mass is 10.1. The molecule has 0 radical (unpaired) electrons. The number of carbonyl (C=O) groups is 1. The van der Waals surface area contributed by atoms with E-state index in [9.17, 15) is 4.79 Å². The normalized spacial score (nSPS) is 10.3. The lowest BCUT2D eigenvalue weighted by Gasteiger charge is -2.12. The molecule has 0 saturated heterocycles. The van der Waals surface area contributed by atoms with Gasteiger partial charge >= 0.3 is 0 Å². The number of carbonyl (C=O) groups excluding carboxylic acids is 1. The summed E-state index contributed by atoms with van der Waals surface area (Å²) in [5, 5.41) is 4.96. The van der Waals surface area contributed by atoms with Gasteiger partial charge < -0.3 is 10.2 Å². The molecular formula is C16H20N2OS. The van der Waals surface area contributed by atoms with E-state index < -0.39 is 0 Å². The van der Waals surface area contributed by atoms with Gasteiger partial charge in [0.25, 0.3) is 0 Å². The van der Waals surface area contributed by atoms with Gasteiger partial charge in [-0.2, -0.15) is 0 Å². The van der Waals surface area contributed by atoms with Crippen LogP contribution >= 0.6 is 11.3 Å². The molecule has 0 aliphatic rings. The van der Waals surface area contributed by atoms with E-state index in [0.29, 0.717) is 13.0 Å². The number of amides is 1. The summed E-state index contributed by atoms with van der Waals surface area (Å²) in [5.74, 6) is 0.0948. The van der Waals surface area contributed by atoms with Gasteiger partial charge in [-0.3, -0.25) is 4.79 Å². The largest absolute Gasteiger partial charge is 0.378 e. The molecule has 4 heteroatoms. The summed E-state index contributed by atoms with van der Waals surface area (Å²) < 4.78 is 0. The zero-order valence-electron chi connectivity index (χ0n) is 11.9. The molecule has 1 aromatic carbocycles. The Morgan fingerprint density at radius 3 is 2.55 bits per heavy atom. The molecule has 106 valence electrons. The van der Waals surface area contributed by atoms with Crippen molar-refractivity contribution in [1.29, 1.82) is 0 Å². The molecule has 0 bridgehead atoms. The predicted molar refractivity (Wildman–Crippen MR) is 85.5 cm³/mol. The van der Waals surface area contributed by atoms with Crippen molar-refractivity contribution in [3.63, 3.8) is 0 Å². The molecule has 0 saturated carbocycles. The zero-order chi connectivity index (χ0) is 14.4. The van der Waals surface area contributed by atoms with Crippen molar-refractivity contribution in [2.24, 2.45) is 0 Å². The summed E-state index contributed by atoms with van der Waals surface area (Å²) >= 11 is 1.62. The van der Waals surface area contributed by atoms with Crippen molar-refractivity contribution in [3.8, 4) is 0 Å². The molecule has 2 aromatic rings. The molecule has 20 heavy (non-hydrogen) atoms. The molecule has 1 aromatic heterocycles. The third kappa shape index (κ3) is 4.38. The number of nitrogens with zero attached hydrogens (tertiary/aromatic N) is 1. The highest BCUT2D eigenvalue weighted by atomic mass is 32.1. The Labute approximate surface area is 124 Å². The van der Waals surface area contributed by atoms with Crippen LogP contribution in [0.25, 0.3) is 0 Å². The SMILES string of the molecule is CN(C)c1ccc(CCNC(=O)Cc2cccs2)cc1. The summed E-state index contributed by atoms with van der Waals surface area (Å²) in [5.41, 5.74) is 2.43. The lowest BCUT2D eigenvalue weighted by molar-refractivity contribution is -0.120. The molecule has 1 amide bonds. The maximum absolute atomic E-state index is 11.7. The van der Waals surface area contributed by atoms with Crippen LogP contribution in [0.1, 0.15) is 10.4 Å². The number of benzene rings is 1. The lowest BCUT2D eigenvalue weighted by Crippen LogP contribution is -2.26. The van der Waals surface area contributed by atoms with Crippen LogP contribution in [0.2, 0.25) is 0 Å². The molecule has 1 N–H and O–H groups in total. The number of hydrogen-bond donors (Lipinski definition) is 1. The van der Waals surface area contributed by atoms with Crippen LogP contribution in [-0.2, 0) is 17.6 Å². The molecule has 0 atom stereocenters. The van der Waals surface area contributed by atoms with Crippen molar-refractivity contribution in [1.82, 2.24) is 5.32 Å². The molecule has 2 rings (SSSR count). The third-order valence-electron chi connectivity index (χ3n) is 3.10. The summed E-state index contributed by atoms with van der Waals surface area (Å²) in [6, 6.07) is 12.4. The molecule has 0 fully saturated rings. The Morgan fingerprint density at radius 1 is 1.20 bits per heavy atom. The highest BCUT2D eigenvalue weighted by Crippen LogP contribution is 2.12. The highest BCUT2D eigenvalue weighted by molar-refractivity contribution is 7.10. The number of rotatable bonds is 6. The Morgan fingerprint density at radius 2 is 1.95 bits per heavy atom. The van der Waals surface area contributed by atoms with Crippen LogP contribution in [0.3, 0.4) is 0 Å². The van der Waals surface area contributed by atoms with Gasteiger partial charge in [-0.05, 0) is 35.6 Å². The molecule has 0 aliphatic carbocycles. The van der Waals surface area contributed by atoms with Crippen LogP contribution in [0.15, 0.2) is 41.8 Å². The van der Waals surface area contributed by atoms with Crippen molar-refractivity contribution < 1.29 is 4.79 Å². The number of nitrogens with one attached hydrogen (secondary N) is 1. The van der Waals surface area contributed by atoms with Gasteiger partial charge in [0.05, 0.1) is 6.42 Å². The van der Waals surface area contributed by atoms with E-state index in [1.54, 1.807) is 11.3 Å². The van der Waals surface area contributed by atoms with Crippen LogP contribution < -0.4 is 10.2 Å². The van der Waals surface area contributed by atoms with E-state index >= 15 is 0 Å². The van der Waals surface area contributed by atoms with Gasteiger partial charge in [-0.1, -0.05) is 18.2 Å². The van der Waals surface area contributed by atoms with Crippen molar-refractivity contribution in [3.05, 3.63) is 52.2 Å². The van der Waals surface area contributed by atoms with Crippen LogP contribution in [0.4, 0.5) is 5.69 Å². The fourth-order valence-electron chi connectivity index (χ4n) is 1.94. The topological polar surface area (TPSA) is 32.3 Å². The smallest absolute Gasteiger partial charge is 0.225 e. The zero-order valence-corrected chi connectivity index (χ0v) is 12.7. The van der Waals surface area contributed by atoms with Gasteiger partial charge in [0.2, 0.25) is 5.91 Å². The van der Waals surface area contributed by atoms with E-state index in [-0.39, 0.29) is 5.91 Å². The summed E-state index contributed by atoms with van der Waals surface area (Å²) in [7, 11) is 4.06. The summed E-state index contributed by atoms with van der Waals surface area (Å²) in [6.07, 6.45) is 1.35.